The van der Waals surface area contributed by atoms with Gasteiger partial charge in [0.25, 0.3) is 0 Å². The van der Waals surface area contributed by atoms with Crippen LogP contribution in [0.4, 0.5) is 0 Å². The van der Waals surface area contributed by atoms with Gasteiger partial charge in [0.05, 0.1) is 36.3 Å². The normalized spacial score (nSPS) is 19.3. The first-order valence-electron chi connectivity index (χ1n) is 10.4. The van der Waals surface area contributed by atoms with Crippen molar-refractivity contribution in [1.82, 2.24) is 20.0 Å². The zero-order valence-electron chi connectivity index (χ0n) is 17.6. The standard InChI is InChI=1S/C23H30N4O2/c1-5-22(28)26-10-11-29-14-19-23-18(13-26)24-9-8-21(23)27(25-19)20-7-6-17(15(2)3)12-16(20)4/h5-7,12,15,18,24H,1,8-11,13-14H2,2-4H3. The zero-order chi connectivity index (χ0) is 20.5. The molecule has 0 saturated heterocycles. The molecule has 0 aliphatic carbocycles. The van der Waals surface area contributed by atoms with Gasteiger partial charge in [0.2, 0.25) is 5.91 Å². The fraction of sp³-hybridized carbons (Fsp3) is 0.478. The molecular formula is C23H30N4O2. The fourth-order valence-electron chi connectivity index (χ4n) is 4.35. The Balaban J connectivity index is 1.77. The molecule has 29 heavy (non-hydrogen) atoms. The van der Waals surface area contributed by atoms with E-state index in [0.717, 1.165) is 24.3 Å². The molecule has 6 heteroatoms. The van der Waals surface area contributed by atoms with Crippen LogP contribution in [0.15, 0.2) is 30.9 Å². The van der Waals surface area contributed by atoms with E-state index in [1.807, 2.05) is 4.90 Å². The summed E-state index contributed by atoms with van der Waals surface area (Å²) in [5, 5.41) is 8.57. The number of aromatic nitrogens is 2. The molecule has 1 N–H and O–H groups in total. The van der Waals surface area contributed by atoms with Crippen molar-refractivity contribution in [2.45, 2.75) is 45.8 Å². The number of hydrogen-bond donors (Lipinski definition) is 1. The smallest absolute Gasteiger partial charge is 0.246 e. The number of aryl methyl sites for hydroxylation is 1. The van der Waals surface area contributed by atoms with Crippen molar-refractivity contribution in [3.8, 4) is 5.69 Å². The summed E-state index contributed by atoms with van der Waals surface area (Å²) in [6, 6.07) is 6.70. The Morgan fingerprint density at radius 2 is 2.24 bits per heavy atom. The Hall–Kier alpha value is -2.44. The van der Waals surface area contributed by atoms with Crippen molar-refractivity contribution in [3.63, 3.8) is 0 Å². The lowest BCUT2D eigenvalue weighted by molar-refractivity contribution is -0.127. The molecule has 1 unspecified atom stereocenters. The largest absolute Gasteiger partial charge is 0.373 e. The van der Waals surface area contributed by atoms with Gasteiger partial charge in [-0.05, 0) is 36.1 Å². The van der Waals surface area contributed by atoms with E-state index in [-0.39, 0.29) is 11.9 Å². The Kier molecular flexibility index (Phi) is 5.56. The monoisotopic (exact) mass is 394 g/mol. The summed E-state index contributed by atoms with van der Waals surface area (Å²) in [5.41, 5.74) is 7.06. The van der Waals surface area contributed by atoms with Crippen LogP contribution in [-0.4, -0.2) is 46.8 Å². The van der Waals surface area contributed by atoms with Crippen LogP contribution < -0.4 is 5.32 Å². The van der Waals surface area contributed by atoms with Crippen molar-refractivity contribution < 1.29 is 9.53 Å². The van der Waals surface area contributed by atoms with Crippen LogP contribution in [0.3, 0.4) is 0 Å². The molecule has 1 amide bonds. The van der Waals surface area contributed by atoms with E-state index in [4.69, 9.17) is 9.84 Å². The molecule has 4 rings (SSSR count). The number of nitrogens with zero attached hydrogens (tertiary/aromatic N) is 3. The third-order valence-electron chi connectivity index (χ3n) is 5.95. The highest BCUT2D eigenvalue weighted by Gasteiger charge is 2.32. The molecule has 0 saturated carbocycles. The van der Waals surface area contributed by atoms with Crippen molar-refractivity contribution in [2.75, 3.05) is 26.2 Å². The molecule has 1 aromatic carbocycles. The second-order valence-electron chi connectivity index (χ2n) is 8.22. The summed E-state index contributed by atoms with van der Waals surface area (Å²) in [6.45, 7) is 13.2. The maximum atomic E-state index is 12.3. The van der Waals surface area contributed by atoms with Crippen molar-refractivity contribution in [1.29, 1.82) is 0 Å². The Morgan fingerprint density at radius 3 is 2.97 bits per heavy atom. The third-order valence-corrected chi connectivity index (χ3v) is 5.95. The van der Waals surface area contributed by atoms with Gasteiger partial charge in [-0.3, -0.25) is 4.79 Å². The van der Waals surface area contributed by atoms with Crippen molar-refractivity contribution >= 4 is 5.91 Å². The number of ether oxygens (including phenoxy) is 1. The van der Waals surface area contributed by atoms with Gasteiger partial charge in [-0.1, -0.05) is 32.6 Å². The Labute approximate surface area is 172 Å². The maximum Gasteiger partial charge on any atom is 0.246 e. The minimum absolute atomic E-state index is 0.0570. The first-order chi connectivity index (χ1) is 14.0. The second kappa shape index (κ2) is 8.13. The second-order valence-corrected chi connectivity index (χ2v) is 8.22. The Morgan fingerprint density at radius 1 is 1.41 bits per heavy atom. The van der Waals surface area contributed by atoms with Crippen LogP contribution in [0.25, 0.3) is 5.69 Å². The number of carbonyl (C=O) groups is 1. The minimum Gasteiger partial charge on any atom is -0.373 e. The van der Waals surface area contributed by atoms with Crippen LogP contribution in [0.1, 0.15) is 53.9 Å². The average Bonchev–Trinajstić information content (AvgIpc) is 3.11. The van der Waals surface area contributed by atoms with Crippen LogP contribution in [0, 0.1) is 6.92 Å². The molecule has 3 heterocycles. The van der Waals surface area contributed by atoms with E-state index in [0.29, 0.717) is 32.2 Å². The SMILES string of the molecule is C=CC(=O)N1CCOCc2nn(-c3ccc(C(C)C)cc3C)c3c2C(C1)NCC3. The van der Waals surface area contributed by atoms with Gasteiger partial charge in [0.15, 0.2) is 0 Å². The summed E-state index contributed by atoms with van der Waals surface area (Å²) in [6.07, 6.45) is 2.28. The lowest BCUT2D eigenvalue weighted by atomic mass is 9.97. The fourth-order valence-corrected chi connectivity index (χ4v) is 4.35. The van der Waals surface area contributed by atoms with E-state index in [1.165, 1.54) is 28.5 Å². The number of hydrogen-bond acceptors (Lipinski definition) is 4. The van der Waals surface area contributed by atoms with E-state index in [2.05, 4.69) is 55.5 Å². The van der Waals surface area contributed by atoms with Gasteiger partial charge in [-0.25, -0.2) is 4.68 Å². The molecule has 2 aromatic rings. The number of benzene rings is 1. The highest BCUT2D eigenvalue weighted by atomic mass is 16.5. The summed E-state index contributed by atoms with van der Waals surface area (Å²) < 4.78 is 7.98. The summed E-state index contributed by atoms with van der Waals surface area (Å²) in [5.74, 6) is 0.441. The molecule has 0 radical (unpaired) electrons. The Bertz CT molecular complexity index is 931. The van der Waals surface area contributed by atoms with Gasteiger partial charge < -0.3 is 15.0 Å². The van der Waals surface area contributed by atoms with Crippen molar-refractivity contribution in [2.24, 2.45) is 0 Å². The first-order valence-corrected chi connectivity index (χ1v) is 10.4. The minimum atomic E-state index is -0.0570. The number of carbonyl (C=O) groups excluding carboxylic acids is 1. The molecule has 6 nitrogen and oxygen atoms in total. The summed E-state index contributed by atoms with van der Waals surface area (Å²) >= 11 is 0. The van der Waals surface area contributed by atoms with Gasteiger partial charge in [-0.15, -0.1) is 0 Å². The zero-order valence-corrected chi connectivity index (χ0v) is 17.6. The predicted octanol–water partition coefficient (Wildman–Crippen LogP) is 3.04. The lowest BCUT2D eigenvalue weighted by Gasteiger charge is -2.30. The molecule has 2 aliphatic rings. The highest BCUT2D eigenvalue weighted by molar-refractivity contribution is 5.87. The number of rotatable bonds is 3. The van der Waals surface area contributed by atoms with E-state index >= 15 is 0 Å². The average molecular weight is 395 g/mol. The van der Waals surface area contributed by atoms with Crippen LogP contribution in [0.5, 0.6) is 0 Å². The maximum absolute atomic E-state index is 12.3. The van der Waals surface area contributed by atoms with Gasteiger partial charge in [-0.2, -0.15) is 5.10 Å². The molecule has 154 valence electrons. The lowest BCUT2D eigenvalue weighted by Crippen LogP contribution is -2.42. The molecule has 1 atom stereocenters. The topological polar surface area (TPSA) is 59.4 Å². The first kappa shape index (κ1) is 19.9. The van der Waals surface area contributed by atoms with E-state index < -0.39 is 0 Å². The number of amides is 1. The molecule has 2 aliphatic heterocycles. The third kappa shape index (κ3) is 3.74. The molecule has 0 bridgehead atoms. The quantitative estimate of drug-likeness (QED) is 0.813. The van der Waals surface area contributed by atoms with Crippen LogP contribution >= 0.6 is 0 Å². The van der Waals surface area contributed by atoms with Crippen molar-refractivity contribution in [3.05, 3.63) is 58.9 Å². The molecule has 0 fully saturated rings. The number of nitrogens with one attached hydrogen (secondary N) is 1. The van der Waals surface area contributed by atoms with Gasteiger partial charge in [0.1, 0.15) is 0 Å². The molecule has 1 aromatic heterocycles. The van der Waals surface area contributed by atoms with Gasteiger partial charge in [0, 0.05) is 31.6 Å². The predicted molar refractivity (Wildman–Crippen MR) is 113 cm³/mol. The van der Waals surface area contributed by atoms with E-state index in [9.17, 15) is 4.79 Å². The van der Waals surface area contributed by atoms with E-state index in [1.54, 1.807) is 0 Å². The van der Waals surface area contributed by atoms with Crippen LogP contribution in [-0.2, 0) is 22.6 Å². The molecular weight excluding hydrogens is 364 g/mol. The summed E-state index contributed by atoms with van der Waals surface area (Å²) in [4.78, 5) is 14.1. The van der Waals surface area contributed by atoms with Gasteiger partial charge >= 0.3 is 0 Å². The highest BCUT2D eigenvalue weighted by Crippen LogP contribution is 2.32. The van der Waals surface area contributed by atoms with Crippen LogP contribution in [0.2, 0.25) is 0 Å². The molecule has 0 spiro atoms. The summed E-state index contributed by atoms with van der Waals surface area (Å²) in [7, 11) is 0.